The van der Waals surface area contributed by atoms with Gasteiger partial charge >= 0.3 is 0 Å². The Morgan fingerprint density at radius 2 is 2.11 bits per heavy atom. The van der Waals surface area contributed by atoms with Crippen LogP contribution in [0.25, 0.3) is 0 Å². The van der Waals surface area contributed by atoms with E-state index in [4.69, 9.17) is 22.1 Å². The van der Waals surface area contributed by atoms with Crippen molar-refractivity contribution in [3.05, 3.63) is 28.8 Å². The summed E-state index contributed by atoms with van der Waals surface area (Å²) in [4.78, 5) is 0. The summed E-state index contributed by atoms with van der Waals surface area (Å²) in [6.45, 7) is 4.56. The third kappa shape index (κ3) is 3.24. The Morgan fingerprint density at radius 1 is 1.37 bits per heavy atom. The van der Waals surface area contributed by atoms with Crippen molar-refractivity contribution in [1.29, 1.82) is 0 Å². The molecule has 0 heterocycles. The quantitative estimate of drug-likeness (QED) is 0.907. The van der Waals surface area contributed by atoms with Crippen molar-refractivity contribution in [1.82, 2.24) is 0 Å². The second kappa shape index (κ2) is 5.72. The van der Waals surface area contributed by atoms with Crippen molar-refractivity contribution in [2.24, 2.45) is 17.6 Å². The van der Waals surface area contributed by atoms with E-state index in [9.17, 15) is 0 Å². The maximum atomic E-state index is 6.70. The highest BCUT2D eigenvalue weighted by Gasteiger charge is 2.37. The van der Waals surface area contributed by atoms with Gasteiger partial charge in [0.05, 0.1) is 7.11 Å². The van der Waals surface area contributed by atoms with Gasteiger partial charge in [0.25, 0.3) is 0 Å². The second-order valence-electron chi connectivity index (χ2n) is 6.15. The summed E-state index contributed by atoms with van der Waals surface area (Å²) < 4.78 is 5.43. The van der Waals surface area contributed by atoms with Crippen LogP contribution < -0.4 is 10.5 Å². The zero-order chi connectivity index (χ0) is 14.0. The molecule has 19 heavy (non-hydrogen) atoms. The van der Waals surface area contributed by atoms with E-state index in [0.29, 0.717) is 11.8 Å². The summed E-state index contributed by atoms with van der Waals surface area (Å²) >= 11 is 6.11. The Morgan fingerprint density at radius 3 is 2.79 bits per heavy atom. The Balaban J connectivity index is 2.26. The lowest BCUT2D eigenvalue weighted by Crippen LogP contribution is -2.51. The highest BCUT2D eigenvalue weighted by Crippen LogP contribution is 2.39. The third-order valence-electron chi connectivity index (χ3n) is 4.56. The maximum Gasteiger partial charge on any atom is 0.122 e. The molecule has 3 unspecified atom stereocenters. The largest absolute Gasteiger partial charge is 0.496 e. The minimum absolute atomic E-state index is 0.143. The van der Waals surface area contributed by atoms with E-state index in [0.717, 1.165) is 29.2 Å². The Kier molecular flexibility index (Phi) is 4.42. The summed E-state index contributed by atoms with van der Waals surface area (Å²) in [5.41, 5.74) is 7.68. The van der Waals surface area contributed by atoms with E-state index in [1.807, 2.05) is 18.2 Å². The van der Waals surface area contributed by atoms with Crippen LogP contribution >= 0.6 is 11.6 Å². The van der Waals surface area contributed by atoms with Gasteiger partial charge in [-0.05, 0) is 54.9 Å². The Labute approximate surface area is 121 Å². The van der Waals surface area contributed by atoms with Crippen LogP contribution in [0.5, 0.6) is 5.75 Å². The van der Waals surface area contributed by atoms with Crippen molar-refractivity contribution in [3.8, 4) is 5.75 Å². The first-order chi connectivity index (χ1) is 8.94. The molecule has 1 saturated carbocycles. The minimum Gasteiger partial charge on any atom is -0.496 e. The monoisotopic (exact) mass is 281 g/mol. The molecule has 1 aromatic rings. The zero-order valence-electron chi connectivity index (χ0n) is 12.1. The van der Waals surface area contributed by atoms with Gasteiger partial charge in [0.1, 0.15) is 5.75 Å². The van der Waals surface area contributed by atoms with Gasteiger partial charge in [-0.15, -0.1) is 0 Å². The van der Waals surface area contributed by atoms with Crippen molar-refractivity contribution < 1.29 is 4.74 Å². The third-order valence-corrected chi connectivity index (χ3v) is 4.80. The number of nitrogens with two attached hydrogens (primary N) is 1. The van der Waals surface area contributed by atoms with E-state index < -0.39 is 0 Å². The first-order valence-corrected chi connectivity index (χ1v) is 7.43. The molecule has 0 aromatic heterocycles. The Bertz CT molecular complexity index is 448. The Hall–Kier alpha value is -0.730. The molecule has 2 rings (SSSR count). The van der Waals surface area contributed by atoms with Gasteiger partial charge in [-0.25, -0.2) is 0 Å². The highest BCUT2D eigenvalue weighted by molar-refractivity contribution is 6.30. The number of rotatable bonds is 3. The van der Waals surface area contributed by atoms with Gasteiger partial charge in [0.15, 0.2) is 0 Å². The molecule has 3 heteroatoms. The molecule has 3 atom stereocenters. The highest BCUT2D eigenvalue weighted by atomic mass is 35.5. The van der Waals surface area contributed by atoms with Crippen LogP contribution in [0.4, 0.5) is 0 Å². The lowest BCUT2D eigenvalue weighted by molar-refractivity contribution is 0.160. The normalized spacial score (nSPS) is 31.2. The van der Waals surface area contributed by atoms with E-state index >= 15 is 0 Å². The predicted octanol–water partition coefficient (Wildman–Crippen LogP) is 4.04. The molecular formula is C16H24ClNO. The van der Waals surface area contributed by atoms with Gasteiger partial charge in [-0.2, -0.15) is 0 Å². The van der Waals surface area contributed by atoms with Gasteiger partial charge in [0, 0.05) is 10.6 Å². The second-order valence-corrected chi connectivity index (χ2v) is 6.59. The maximum absolute atomic E-state index is 6.70. The van der Waals surface area contributed by atoms with E-state index in [-0.39, 0.29) is 5.54 Å². The molecule has 0 saturated heterocycles. The van der Waals surface area contributed by atoms with Crippen LogP contribution in [0.1, 0.15) is 38.7 Å². The standard InChI is InChI=1S/C16H24ClNO/c1-11-4-5-12(2)16(18,9-11)10-13-8-14(17)6-7-15(13)19-3/h6-8,11-12H,4-5,9-10,18H2,1-3H3. The molecule has 1 fully saturated rings. The molecule has 0 aliphatic heterocycles. The number of hydrogen-bond acceptors (Lipinski definition) is 2. The SMILES string of the molecule is COc1ccc(Cl)cc1CC1(N)CC(C)CCC1C. The fraction of sp³-hybridized carbons (Fsp3) is 0.625. The van der Waals surface area contributed by atoms with Gasteiger partial charge in [-0.3, -0.25) is 0 Å². The fourth-order valence-corrected chi connectivity index (χ4v) is 3.45. The lowest BCUT2D eigenvalue weighted by Gasteiger charge is -2.42. The van der Waals surface area contributed by atoms with Crippen molar-refractivity contribution in [3.63, 3.8) is 0 Å². The van der Waals surface area contributed by atoms with Crippen molar-refractivity contribution in [2.75, 3.05) is 7.11 Å². The molecule has 2 N–H and O–H groups in total. The number of methoxy groups -OCH3 is 1. The number of ether oxygens (including phenoxy) is 1. The first-order valence-electron chi connectivity index (χ1n) is 7.06. The van der Waals surface area contributed by atoms with Crippen molar-refractivity contribution >= 4 is 11.6 Å². The van der Waals surface area contributed by atoms with Crippen molar-refractivity contribution in [2.45, 2.75) is 45.1 Å². The van der Waals surface area contributed by atoms with E-state index in [1.54, 1.807) is 7.11 Å². The average molecular weight is 282 g/mol. The number of hydrogen-bond donors (Lipinski definition) is 1. The van der Waals surface area contributed by atoms with Gasteiger partial charge in [0.2, 0.25) is 0 Å². The summed E-state index contributed by atoms with van der Waals surface area (Å²) in [7, 11) is 1.70. The molecule has 2 nitrogen and oxygen atoms in total. The summed E-state index contributed by atoms with van der Waals surface area (Å²) in [6, 6.07) is 5.78. The van der Waals surface area contributed by atoms with Crippen LogP contribution in [0.2, 0.25) is 5.02 Å². The number of halogens is 1. The summed E-state index contributed by atoms with van der Waals surface area (Å²) in [5, 5.41) is 0.746. The first kappa shape index (κ1) is 14.7. The van der Waals surface area contributed by atoms with Crippen LogP contribution in [0.15, 0.2) is 18.2 Å². The van der Waals surface area contributed by atoms with Gasteiger partial charge < -0.3 is 10.5 Å². The lowest BCUT2D eigenvalue weighted by atomic mass is 9.67. The minimum atomic E-state index is -0.143. The topological polar surface area (TPSA) is 35.2 Å². The zero-order valence-corrected chi connectivity index (χ0v) is 12.8. The summed E-state index contributed by atoms with van der Waals surface area (Å²) in [5.74, 6) is 2.12. The molecule has 0 bridgehead atoms. The summed E-state index contributed by atoms with van der Waals surface area (Å²) in [6.07, 6.45) is 4.40. The van der Waals surface area contributed by atoms with Crippen LogP contribution in [0, 0.1) is 11.8 Å². The van der Waals surface area contributed by atoms with E-state index in [1.165, 1.54) is 12.8 Å². The number of benzene rings is 1. The molecule has 106 valence electrons. The van der Waals surface area contributed by atoms with Crippen LogP contribution in [-0.2, 0) is 6.42 Å². The smallest absolute Gasteiger partial charge is 0.122 e. The fourth-order valence-electron chi connectivity index (χ4n) is 3.26. The van der Waals surface area contributed by atoms with Crippen LogP contribution in [-0.4, -0.2) is 12.6 Å². The predicted molar refractivity (Wildman–Crippen MR) is 80.8 cm³/mol. The molecule has 1 aliphatic carbocycles. The van der Waals surface area contributed by atoms with Crippen LogP contribution in [0.3, 0.4) is 0 Å². The average Bonchev–Trinajstić information content (AvgIpc) is 2.34. The molecule has 0 radical (unpaired) electrons. The molecule has 1 aromatic carbocycles. The van der Waals surface area contributed by atoms with Gasteiger partial charge in [-0.1, -0.05) is 31.9 Å². The molecule has 1 aliphatic rings. The molecule has 0 amide bonds. The molecular weight excluding hydrogens is 258 g/mol. The van der Waals surface area contributed by atoms with E-state index in [2.05, 4.69) is 13.8 Å². The molecule has 0 spiro atoms.